The van der Waals surface area contributed by atoms with Crippen molar-refractivity contribution in [2.45, 2.75) is 64.7 Å². The molecular weight excluding hydrogens is 399 g/mol. The number of hydrogen-bond donors (Lipinski definition) is 1. The van der Waals surface area contributed by atoms with E-state index in [4.69, 9.17) is 14.2 Å². The van der Waals surface area contributed by atoms with Gasteiger partial charge in [-0.25, -0.2) is 0 Å². The molecule has 1 aliphatic carbocycles. The van der Waals surface area contributed by atoms with Crippen molar-refractivity contribution in [1.29, 1.82) is 0 Å². The Morgan fingerprint density at radius 2 is 1.87 bits per heavy atom. The highest BCUT2D eigenvalue weighted by Crippen LogP contribution is 2.41. The molecular formula is C22H30F3NO4. The van der Waals surface area contributed by atoms with Gasteiger partial charge in [0, 0.05) is 12.0 Å². The summed E-state index contributed by atoms with van der Waals surface area (Å²) >= 11 is 0. The van der Waals surface area contributed by atoms with Gasteiger partial charge in [-0.05, 0) is 55.5 Å². The first-order chi connectivity index (χ1) is 14.2. The second-order valence-corrected chi connectivity index (χ2v) is 8.46. The van der Waals surface area contributed by atoms with Gasteiger partial charge in [0.05, 0.1) is 19.1 Å². The van der Waals surface area contributed by atoms with Crippen molar-refractivity contribution in [3.8, 4) is 5.75 Å². The van der Waals surface area contributed by atoms with Gasteiger partial charge < -0.3 is 19.5 Å². The van der Waals surface area contributed by atoms with Crippen LogP contribution in [-0.2, 0) is 20.7 Å². The van der Waals surface area contributed by atoms with Crippen molar-refractivity contribution in [3.63, 3.8) is 0 Å². The first-order valence-electron chi connectivity index (χ1n) is 10.4. The van der Waals surface area contributed by atoms with E-state index in [1.165, 1.54) is 6.42 Å². The summed E-state index contributed by atoms with van der Waals surface area (Å²) in [6.07, 6.45) is 1.24. The number of hydrogen-bond acceptors (Lipinski definition) is 4. The Balaban J connectivity index is 1.61. The standard InChI is InChI=1S/C22H30F3NO4/c1-15-8-17(29-13-22(23,24)25)9-16(2)18(15)10-20(27)26-12-21(6-4-3-5-7-21)19-11-28-14-30-19/h8-9,19H,3-7,10-14H2,1-2H3,(H,26,27). The molecule has 8 heteroatoms. The number of rotatable bonds is 7. The number of benzene rings is 1. The van der Waals surface area contributed by atoms with Crippen LogP contribution in [0.3, 0.4) is 0 Å². The van der Waals surface area contributed by atoms with Crippen LogP contribution in [0.5, 0.6) is 5.75 Å². The normalized spacial score (nSPS) is 21.4. The van der Waals surface area contributed by atoms with Gasteiger partial charge in [0.25, 0.3) is 0 Å². The van der Waals surface area contributed by atoms with Gasteiger partial charge >= 0.3 is 6.18 Å². The van der Waals surface area contributed by atoms with Gasteiger partial charge in [-0.2, -0.15) is 13.2 Å². The number of aryl methyl sites for hydroxylation is 2. The van der Waals surface area contributed by atoms with Crippen molar-refractivity contribution in [2.75, 3.05) is 26.6 Å². The molecule has 0 bridgehead atoms. The lowest BCUT2D eigenvalue weighted by atomic mass is 9.70. The zero-order valence-corrected chi connectivity index (χ0v) is 17.6. The molecule has 1 saturated carbocycles. The lowest BCUT2D eigenvalue weighted by Gasteiger charge is -2.41. The Kier molecular flexibility index (Phi) is 7.29. The van der Waals surface area contributed by atoms with Gasteiger partial charge in [-0.1, -0.05) is 19.3 Å². The van der Waals surface area contributed by atoms with Crippen LogP contribution in [0.2, 0.25) is 0 Å². The maximum Gasteiger partial charge on any atom is 0.422 e. The van der Waals surface area contributed by atoms with Gasteiger partial charge in [-0.3, -0.25) is 4.79 Å². The predicted molar refractivity (Wildman–Crippen MR) is 105 cm³/mol. The lowest BCUT2D eigenvalue weighted by molar-refractivity contribution is -0.153. The summed E-state index contributed by atoms with van der Waals surface area (Å²) in [5.74, 6) is 0.0556. The first-order valence-corrected chi connectivity index (χ1v) is 10.4. The number of amides is 1. The van der Waals surface area contributed by atoms with Crippen molar-refractivity contribution in [1.82, 2.24) is 5.32 Å². The van der Waals surface area contributed by atoms with Crippen LogP contribution in [-0.4, -0.2) is 44.7 Å². The predicted octanol–water partition coefficient (Wildman–Crippen LogP) is 4.23. The SMILES string of the molecule is Cc1cc(OCC(F)(F)F)cc(C)c1CC(=O)NCC1(C2COCO2)CCCCC1. The molecule has 30 heavy (non-hydrogen) atoms. The maximum absolute atomic E-state index is 12.7. The molecule has 1 atom stereocenters. The number of nitrogens with one attached hydrogen (secondary N) is 1. The first kappa shape index (κ1) is 22.9. The van der Waals surface area contributed by atoms with E-state index in [1.54, 1.807) is 26.0 Å². The van der Waals surface area contributed by atoms with Crippen LogP contribution < -0.4 is 10.1 Å². The largest absolute Gasteiger partial charge is 0.484 e. The van der Waals surface area contributed by atoms with E-state index >= 15 is 0 Å². The van der Waals surface area contributed by atoms with E-state index in [1.807, 2.05) is 0 Å². The molecule has 1 aromatic carbocycles. The molecule has 1 heterocycles. The molecule has 3 rings (SSSR count). The number of carbonyl (C=O) groups excluding carboxylic acids is 1. The summed E-state index contributed by atoms with van der Waals surface area (Å²) in [5, 5.41) is 3.08. The Morgan fingerprint density at radius 1 is 1.20 bits per heavy atom. The average Bonchev–Trinajstić information content (AvgIpc) is 3.23. The number of carbonyl (C=O) groups is 1. The van der Waals surface area contributed by atoms with Crippen molar-refractivity contribution in [3.05, 3.63) is 28.8 Å². The summed E-state index contributed by atoms with van der Waals surface area (Å²) in [7, 11) is 0. The molecule has 1 aromatic rings. The third-order valence-corrected chi connectivity index (χ3v) is 6.20. The third kappa shape index (κ3) is 5.88. The smallest absolute Gasteiger partial charge is 0.422 e. The minimum absolute atomic E-state index is 0.00615. The number of halogens is 3. The maximum atomic E-state index is 12.7. The molecule has 1 amide bonds. The Hall–Kier alpha value is -1.80. The van der Waals surface area contributed by atoms with E-state index in [0.29, 0.717) is 19.9 Å². The summed E-state index contributed by atoms with van der Waals surface area (Å²) in [6, 6.07) is 3.10. The van der Waals surface area contributed by atoms with Crippen LogP contribution in [0.1, 0.15) is 48.8 Å². The molecule has 2 fully saturated rings. The topological polar surface area (TPSA) is 56.8 Å². The fourth-order valence-corrected chi connectivity index (χ4v) is 4.53. The fraction of sp³-hybridized carbons (Fsp3) is 0.682. The Bertz CT molecular complexity index is 715. The summed E-state index contributed by atoms with van der Waals surface area (Å²) < 4.78 is 53.2. The van der Waals surface area contributed by atoms with Gasteiger partial charge in [0.1, 0.15) is 12.5 Å². The number of alkyl halides is 3. The zero-order chi connectivity index (χ0) is 21.8. The monoisotopic (exact) mass is 429 g/mol. The van der Waals surface area contributed by atoms with Gasteiger partial charge in [0.2, 0.25) is 5.91 Å². The van der Waals surface area contributed by atoms with Crippen LogP contribution in [0, 0.1) is 19.3 Å². The molecule has 0 aromatic heterocycles. The van der Waals surface area contributed by atoms with Crippen LogP contribution >= 0.6 is 0 Å². The minimum atomic E-state index is -4.39. The quantitative estimate of drug-likeness (QED) is 0.705. The average molecular weight is 429 g/mol. The highest BCUT2D eigenvalue weighted by molar-refractivity contribution is 5.79. The van der Waals surface area contributed by atoms with Gasteiger partial charge in [-0.15, -0.1) is 0 Å². The van der Waals surface area contributed by atoms with Crippen LogP contribution in [0.15, 0.2) is 12.1 Å². The lowest BCUT2D eigenvalue weighted by Crippen LogP contribution is -2.48. The van der Waals surface area contributed by atoms with Gasteiger partial charge in [0.15, 0.2) is 6.61 Å². The Labute approximate surface area is 175 Å². The summed E-state index contributed by atoms with van der Waals surface area (Å²) in [5.41, 5.74) is 2.19. The molecule has 5 nitrogen and oxygen atoms in total. The van der Waals surface area contributed by atoms with Crippen molar-refractivity contribution >= 4 is 5.91 Å². The van der Waals surface area contributed by atoms with E-state index < -0.39 is 12.8 Å². The molecule has 1 aliphatic heterocycles. The molecule has 1 unspecified atom stereocenters. The van der Waals surface area contributed by atoms with Crippen LogP contribution in [0.25, 0.3) is 0 Å². The summed E-state index contributed by atoms with van der Waals surface area (Å²) in [6.45, 7) is 3.64. The molecule has 0 radical (unpaired) electrons. The fourth-order valence-electron chi connectivity index (χ4n) is 4.53. The number of ether oxygens (including phenoxy) is 3. The second-order valence-electron chi connectivity index (χ2n) is 8.46. The molecule has 168 valence electrons. The highest BCUT2D eigenvalue weighted by atomic mass is 19.4. The molecule has 2 aliphatic rings. The zero-order valence-electron chi connectivity index (χ0n) is 17.6. The van der Waals surface area contributed by atoms with Crippen molar-refractivity contribution < 1.29 is 32.2 Å². The Morgan fingerprint density at radius 3 is 2.43 bits per heavy atom. The van der Waals surface area contributed by atoms with E-state index in [2.05, 4.69) is 5.32 Å². The third-order valence-electron chi connectivity index (χ3n) is 6.20. The summed E-state index contributed by atoms with van der Waals surface area (Å²) in [4.78, 5) is 12.7. The van der Waals surface area contributed by atoms with Crippen LogP contribution in [0.4, 0.5) is 13.2 Å². The van der Waals surface area contributed by atoms with E-state index in [9.17, 15) is 18.0 Å². The minimum Gasteiger partial charge on any atom is -0.484 e. The highest BCUT2D eigenvalue weighted by Gasteiger charge is 2.42. The van der Waals surface area contributed by atoms with Crippen molar-refractivity contribution in [2.24, 2.45) is 5.41 Å². The van der Waals surface area contributed by atoms with E-state index in [-0.39, 0.29) is 29.6 Å². The molecule has 0 spiro atoms. The molecule has 1 N–H and O–H groups in total. The molecule has 1 saturated heterocycles. The second kappa shape index (κ2) is 9.56. The van der Waals surface area contributed by atoms with E-state index in [0.717, 1.165) is 42.4 Å².